The molecule has 0 spiro atoms. The summed E-state index contributed by atoms with van der Waals surface area (Å²) < 4.78 is 11.5. The van der Waals surface area contributed by atoms with E-state index in [-0.39, 0.29) is 11.4 Å². The number of hydrogen-bond donors (Lipinski definition) is 0. The molecule has 3 aliphatic rings. The molecule has 214 valence electrons. The van der Waals surface area contributed by atoms with Crippen LogP contribution in [0.25, 0.3) is 0 Å². The Morgan fingerprint density at radius 3 is 1.95 bits per heavy atom. The average molecular weight is 518 g/mol. The maximum Gasteiger partial charge on any atom is 0.140 e. The van der Waals surface area contributed by atoms with Gasteiger partial charge in [0.15, 0.2) is 0 Å². The van der Waals surface area contributed by atoms with Crippen molar-refractivity contribution in [1.82, 2.24) is 9.80 Å². The Bertz CT molecular complexity index is 705. The number of benzene rings is 1. The molecule has 0 bridgehead atoms. The highest BCUT2D eigenvalue weighted by Crippen LogP contribution is 2.39. The predicted octanol–water partition coefficient (Wildman–Crippen LogP) is 7.41. The smallest absolute Gasteiger partial charge is 0.140 e. The number of ether oxygens (including phenoxy) is 2. The molecule has 0 aliphatic carbocycles. The van der Waals surface area contributed by atoms with E-state index < -0.39 is 0 Å². The van der Waals surface area contributed by atoms with E-state index >= 15 is 0 Å². The van der Waals surface area contributed by atoms with Gasteiger partial charge in [0.25, 0.3) is 0 Å². The highest BCUT2D eigenvalue weighted by Gasteiger charge is 2.41. The zero-order valence-electron chi connectivity index (χ0n) is 25.4. The van der Waals surface area contributed by atoms with Crippen LogP contribution in [-0.2, 0) is 9.47 Å². The molecule has 1 aromatic rings. The summed E-state index contributed by atoms with van der Waals surface area (Å²) in [5.41, 5.74) is 1.18. The summed E-state index contributed by atoms with van der Waals surface area (Å²) in [4.78, 5) is 7.41. The van der Waals surface area contributed by atoms with Crippen LogP contribution in [0.3, 0.4) is 0 Å². The molecule has 5 heteroatoms. The maximum absolute atomic E-state index is 5.88. The first kappa shape index (κ1) is 32.1. The van der Waals surface area contributed by atoms with Crippen molar-refractivity contribution in [2.75, 3.05) is 58.4 Å². The highest BCUT2D eigenvalue weighted by molar-refractivity contribution is 5.48. The van der Waals surface area contributed by atoms with E-state index in [1.54, 1.807) is 0 Å². The number of para-hydroxylation sites is 1. The first-order valence-corrected chi connectivity index (χ1v) is 15.3. The van der Waals surface area contributed by atoms with Crippen LogP contribution < -0.4 is 4.90 Å². The molecule has 0 radical (unpaired) electrons. The topological polar surface area (TPSA) is 28.2 Å². The lowest BCUT2D eigenvalue weighted by Gasteiger charge is -2.50. The molecule has 3 atom stereocenters. The van der Waals surface area contributed by atoms with E-state index in [4.69, 9.17) is 9.47 Å². The fraction of sp³-hybridized carbons (Fsp3) is 0.812. The summed E-state index contributed by atoms with van der Waals surface area (Å²) in [7, 11) is 3.68. The molecule has 5 nitrogen and oxygen atoms in total. The van der Waals surface area contributed by atoms with Crippen LogP contribution in [-0.4, -0.2) is 74.7 Å². The van der Waals surface area contributed by atoms with Crippen LogP contribution in [0, 0.1) is 5.92 Å². The summed E-state index contributed by atoms with van der Waals surface area (Å²) in [6, 6.07) is 10.6. The van der Waals surface area contributed by atoms with Gasteiger partial charge in [-0.15, -0.1) is 0 Å². The predicted molar refractivity (Wildman–Crippen MR) is 159 cm³/mol. The molecule has 0 aromatic heterocycles. The molecule has 3 heterocycles. The lowest BCUT2D eigenvalue weighted by molar-refractivity contribution is -0.157. The molecule has 0 saturated carbocycles. The lowest BCUT2D eigenvalue weighted by Crippen LogP contribution is -2.56. The van der Waals surface area contributed by atoms with Crippen LogP contribution in [0.15, 0.2) is 30.3 Å². The summed E-state index contributed by atoms with van der Waals surface area (Å²) >= 11 is 0. The molecule has 4 rings (SSSR count). The molecule has 3 unspecified atom stereocenters. The number of anilines is 1. The van der Waals surface area contributed by atoms with Crippen LogP contribution in [0.5, 0.6) is 0 Å². The Kier molecular flexibility index (Phi) is 14.5. The third-order valence-corrected chi connectivity index (χ3v) is 9.23. The van der Waals surface area contributed by atoms with Gasteiger partial charge in [-0.2, -0.15) is 0 Å². The first-order valence-electron chi connectivity index (χ1n) is 15.3. The van der Waals surface area contributed by atoms with Gasteiger partial charge in [-0.05, 0) is 103 Å². The van der Waals surface area contributed by atoms with Crippen LogP contribution in [0.1, 0.15) is 98.8 Å². The summed E-state index contributed by atoms with van der Waals surface area (Å²) in [5.74, 6) is 0.612. The van der Waals surface area contributed by atoms with E-state index in [9.17, 15) is 0 Å². The lowest BCUT2D eigenvalue weighted by atomic mass is 9.84. The zero-order chi connectivity index (χ0) is 27.2. The van der Waals surface area contributed by atoms with Crippen molar-refractivity contribution in [3.63, 3.8) is 0 Å². The second-order valence-electron chi connectivity index (χ2n) is 11.0. The van der Waals surface area contributed by atoms with E-state index in [2.05, 4.69) is 79.7 Å². The number of piperidine rings is 3. The summed E-state index contributed by atoms with van der Waals surface area (Å²) in [6.45, 7) is 18.5. The van der Waals surface area contributed by atoms with E-state index in [0.29, 0.717) is 5.92 Å². The Balaban J connectivity index is 0.000000210. The second-order valence-corrected chi connectivity index (χ2v) is 11.0. The van der Waals surface area contributed by atoms with Gasteiger partial charge in [0.05, 0.1) is 0 Å². The average Bonchev–Trinajstić information content (AvgIpc) is 2.98. The Labute approximate surface area is 229 Å². The van der Waals surface area contributed by atoms with Crippen molar-refractivity contribution in [3.8, 4) is 0 Å². The van der Waals surface area contributed by atoms with Crippen molar-refractivity contribution in [2.24, 2.45) is 5.92 Å². The third kappa shape index (κ3) is 8.68. The normalized spacial score (nSPS) is 29.1. The van der Waals surface area contributed by atoms with E-state index in [0.717, 1.165) is 19.5 Å². The third-order valence-electron chi connectivity index (χ3n) is 9.23. The van der Waals surface area contributed by atoms with Gasteiger partial charge in [0.1, 0.15) is 11.4 Å². The summed E-state index contributed by atoms with van der Waals surface area (Å²) in [5, 5.41) is 0. The van der Waals surface area contributed by atoms with Crippen molar-refractivity contribution in [1.29, 1.82) is 0 Å². The molecule has 37 heavy (non-hydrogen) atoms. The monoisotopic (exact) mass is 517 g/mol. The maximum atomic E-state index is 5.88. The molecule has 3 saturated heterocycles. The van der Waals surface area contributed by atoms with E-state index in [1.165, 1.54) is 89.7 Å². The Morgan fingerprint density at radius 1 is 0.784 bits per heavy atom. The number of hydrogen-bond acceptors (Lipinski definition) is 5. The first-order chi connectivity index (χ1) is 17.9. The van der Waals surface area contributed by atoms with E-state index in [1.807, 2.05) is 14.2 Å². The minimum Gasteiger partial charge on any atom is -0.364 e. The minimum absolute atomic E-state index is 0.0625. The van der Waals surface area contributed by atoms with Crippen molar-refractivity contribution < 1.29 is 9.47 Å². The Morgan fingerprint density at radius 2 is 1.46 bits per heavy atom. The molecular formula is C32H59N3O2. The van der Waals surface area contributed by atoms with Gasteiger partial charge in [-0.25, -0.2) is 0 Å². The molecule has 0 amide bonds. The van der Waals surface area contributed by atoms with Gasteiger partial charge >= 0.3 is 0 Å². The number of likely N-dealkylation sites (tertiary alicyclic amines) is 2. The van der Waals surface area contributed by atoms with Gasteiger partial charge in [0.2, 0.25) is 0 Å². The fourth-order valence-corrected chi connectivity index (χ4v) is 6.62. The largest absolute Gasteiger partial charge is 0.364 e. The number of rotatable bonds is 7. The van der Waals surface area contributed by atoms with Crippen LogP contribution in [0.4, 0.5) is 5.69 Å². The standard InChI is InChI=1S/C15H23NO.C10H21NO.C7H15N/c1-4-13-9-8-12-16(15(13,2)17-3)14-10-6-5-7-11-14;1-4-10(12-3)8-6-7-9-11(10)5-2;1-2-8-6-4-3-5-7-8/h5-7,10-11,13H,4,8-9,12H2,1-3H3;4-9H2,1-3H3;2-7H2,1H3. The minimum atomic E-state index is -0.158. The fourth-order valence-electron chi connectivity index (χ4n) is 6.62. The molecular weight excluding hydrogens is 458 g/mol. The highest BCUT2D eigenvalue weighted by atomic mass is 16.5. The van der Waals surface area contributed by atoms with Gasteiger partial charge in [0, 0.05) is 38.9 Å². The van der Waals surface area contributed by atoms with Gasteiger partial charge < -0.3 is 19.3 Å². The van der Waals surface area contributed by atoms with Crippen LogP contribution >= 0.6 is 0 Å². The Hall–Kier alpha value is -1.14. The van der Waals surface area contributed by atoms with Gasteiger partial charge in [-0.3, -0.25) is 4.90 Å². The molecule has 0 N–H and O–H groups in total. The van der Waals surface area contributed by atoms with Crippen molar-refractivity contribution in [3.05, 3.63) is 30.3 Å². The number of nitrogens with zero attached hydrogens (tertiary/aromatic N) is 3. The number of methoxy groups -OCH3 is 2. The van der Waals surface area contributed by atoms with Crippen molar-refractivity contribution in [2.45, 2.75) is 110 Å². The summed E-state index contributed by atoms with van der Waals surface area (Å²) in [6.07, 6.45) is 13.0. The van der Waals surface area contributed by atoms with Gasteiger partial charge in [-0.1, -0.05) is 52.3 Å². The quantitative estimate of drug-likeness (QED) is 0.375. The molecule has 1 aromatic carbocycles. The zero-order valence-corrected chi connectivity index (χ0v) is 25.4. The second kappa shape index (κ2) is 16.7. The van der Waals surface area contributed by atoms with Crippen LogP contribution in [0.2, 0.25) is 0 Å². The molecule has 3 aliphatic heterocycles. The molecule has 3 fully saturated rings. The van der Waals surface area contributed by atoms with Crippen molar-refractivity contribution >= 4 is 5.69 Å². The SMILES string of the molecule is CCC1CCCN(c2ccccc2)C1(C)OC.CCN1CCCCC1.CCN1CCCCC1(CC)OC.